The fourth-order valence-electron chi connectivity index (χ4n) is 7.10. The summed E-state index contributed by atoms with van der Waals surface area (Å²) < 4.78 is 43.6. The summed E-state index contributed by atoms with van der Waals surface area (Å²) in [5.74, 6) is 0. The highest BCUT2D eigenvalue weighted by Gasteiger charge is 2.52. The molecular formula is C40H54N2O22. The van der Waals surface area contributed by atoms with Crippen LogP contribution in [0.25, 0.3) is 0 Å². The van der Waals surface area contributed by atoms with Crippen LogP contribution in [0.15, 0.2) is 60.7 Å². The predicted octanol–water partition coefficient (Wildman–Crippen LogP) is -6.22. The summed E-state index contributed by atoms with van der Waals surface area (Å²) >= 11 is 0. The molecule has 0 spiro atoms. The quantitative estimate of drug-likeness (QED) is 0.0838. The van der Waals surface area contributed by atoms with Crippen molar-refractivity contribution >= 4 is 0 Å². The monoisotopic (exact) mass is 914 g/mol. The van der Waals surface area contributed by atoms with Crippen molar-refractivity contribution in [1.82, 2.24) is 0 Å². The second-order valence-electron chi connectivity index (χ2n) is 15.2. The minimum absolute atomic E-state index is 0.464. The third kappa shape index (κ3) is 11.9. The number of aliphatic hydroxyl groups is 14. The summed E-state index contributed by atoms with van der Waals surface area (Å²) in [6, 6.07) is 20.6. The van der Waals surface area contributed by atoms with E-state index in [1.807, 2.05) is 12.1 Å². The SMILES string of the molecule is N#CC(OC1OC(COC2OC(CO)C(O)C(O)C2O)C(O)C(O)C1O)c1ccccc1.N#C[C@@H](O[C@@H]1O[C@H](CO)[C@@H](O)[C@H](O)[C@H]1O[C@@H]1O[C@H](CO)[C@@H](O)[C@H](O)[C@H]1O)c1ccccc1. The Morgan fingerprint density at radius 1 is 0.438 bits per heavy atom. The fourth-order valence-corrected chi connectivity index (χ4v) is 7.10. The zero-order valence-corrected chi connectivity index (χ0v) is 33.7. The molecule has 2 aromatic rings. The van der Waals surface area contributed by atoms with E-state index in [4.69, 9.17) is 37.9 Å². The van der Waals surface area contributed by atoms with Crippen LogP contribution >= 0.6 is 0 Å². The van der Waals surface area contributed by atoms with Gasteiger partial charge >= 0.3 is 0 Å². The number of nitriles is 2. The predicted molar refractivity (Wildman–Crippen MR) is 205 cm³/mol. The number of rotatable bonds is 14. The lowest BCUT2D eigenvalue weighted by Gasteiger charge is -2.46. The molecule has 0 radical (unpaired) electrons. The average molecular weight is 915 g/mol. The third-order valence-electron chi connectivity index (χ3n) is 10.9. The van der Waals surface area contributed by atoms with Crippen molar-refractivity contribution in [3.8, 4) is 12.1 Å². The normalized spacial score (nSPS) is 41.1. The van der Waals surface area contributed by atoms with Crippen molar-refractivity contribution in [3.63, 3.8) is 0 Å². The van der Waals surface area contributed by atoms with Gasteiger partial charge in [0.1, 0.15) is 97.7 Å². The first-order valence-corrected chi connectivity index (χ1v) is 20.0. The van der Waals surface area contributed by atoms with E-state index in [-0.39, 0.29) is 0 Å². The lowest BCUT2D eigenvalue weighted by atomic mass is 9.97. The highest BCUT2D eigenvalue weighted by atomic mass is 16.8. The summed E-state index contributed by atoms with van der Waals surface area (Å²) in [5, 5.41) is 158. The third-order valence-corrected chi connectivity index (χ3v) is 10.9. The maximum atomic E-state index is 10.6. The molecule has 356 valence electrons. The van der Waals surface area contributed by atoms with E-state index in [1.165, 1.54) is 0 Å². The molecule has 14 N–H and O–H groups in total. The Labute approximate surface area is 365 Å². The van der Waals surface area contributed by atoms with Crippen LogP contribution in [0.1, 0.15) is 23.3 Å². The summed E-state index contributed by atoms with van der Waals surface area (Å²) in [6.07, 6.45) is -33.4. The molecule has 4 aliphatic heterocycles. The zero-order chi connectivity index (χ0) is 46.8. The van der Waals surface area contributed by atoms with E-state index < -0.39 is 161 Å². The number of hydrogen-bond donors (Lipinski definition) is 14. The van der Waals surface area contributed by atoms with Gasteiger partial charge in [0, 0.05) is 0 Å². The summed E-state index contributed by atoms with van der Waals surface area (Å²) in [5.41, 5.74) is 0.951. The Kier molecular flexibility index (Phi) is 19.2. The molecule has 4 saturated heterocycles. The van der Waals surface area contributed by atoms with E-state index >= 15 is 0 Å². The lowest BCUT2D eigenvalue weighted by Crippen LogP contribution is -2.64. The second-order valence-corrected chi connectivity index (χ2v) is 15.2. The number of aliphatic hydroxyl groups excluding tert-OH is 14. The molecule has 4 heterocycles. The molecule has 64 heavy (non-hydrogen) atoms. The van der Waals surface area contributed by atoms with Gasteiger partial charge in [-0.25, -0.2) is 0 Å². The van der Waals surface area contributed by atoms with Crippen LogP contribution < -0.4 is 0 Å². The molecule has 24 nitrogen and oxygen atoms in total. The van der Waals surface area contributed by atoms with Gasteiger partial charge in [-0.15, -0.1) is 0 Å². The van der Waals surface area contributed by atoms with Crippen molar-refractivity contribution in [2.24, 2.45) is 0 Å². The minimum atomic E-state index is -1.78. The molecule has 0 aliphatic carbocycles. The molecule has 0 saturated carbocycles. The molecule has 2 aromatic carbocycles. The average Bonchev–Trinajstić information content (AvgIpc) is 3.32. The topological polar surface area (TPSA) is 405 Å². The van der Waals surface area contributed by atoms with Crippen molar-refractivity contribution in [3.05, 3.63) is 71.8 Å². The smallest absolute Gasteiger partial charge is 0.189 e. The van der Waals surface area contributed by atoms with Crippen LogP contribution in [-0.4, -0.2) is 221 Å². The van der Waals surface area contributed by atoms with E-state index in [0.29, 0.717) is 11.1 Å². The van der Waals surface area contributed by atoms with Gasteiger partial charge in [0.2, 0.25) is 0 Å². The lowest BCUT2D eigenvalue weighted by molar-refractivity contribution is -0.370. The summed E-state index contributed by atoms with van der Waals surface area (Å²) in [7, 11) is 0. The molecule has 4 fully saturated rings. The standard InChI is InChI=1S/2C20H27NO11/c21-6-10(9-4-2-1-3-5-9)30-20-18(28)16(26)14(24)12(32-20)8-29-19-17(27)15(25)13(23)11(7-22)31-19;21-6-10(9-4-2-1-3-5-9)29-20-18(16(27)14(25)12(8-23)31-20)32-19-17(28)15(26)13(24)11(7-22)30-19/h2*1-5,10-20,22-28H,7-8H2/t;10-,11-,12-,13-,14-,15+,16+,17-,18-,19+,20-/m.1/s1. The maximum absolute atomic E-state index is 10.6. The molecule has 0 bridgehead atoms. The van der Waals surface area contributed by atoms with Crippen LogP contribution in [0.5, 0.6) is 0 Å². The van der Waals surface area contributed by atoms with E-state index in [2.05, 4.69) is 0 Å². The Morgan fingerprint density at radius 2 is 0.797 bits per heavy atom. The molecular weight excluding hydrogens is 860 g/mol. The van der Waals surface area contributed by atoms with Crippen molar-refractivity contribution < 1.29 is 109 Å². The Hall–Kier alpha value is -3.46. The maximum Gasteiger partial charge on any atom is 0.189 e. The van der Waals surface area contributed by atoms with E-state index in [0.717, 1.165) is 0 Å². The molecule has 11 unspecified atom stereocenters. The van der Waals surface area contributed by atoms with Gasteiger partial charge in [-0.1, -0.05) is 60.7 Å². The highest BCUT2D eigenvalue weighted by molar-refractivity contribution is 5.23. The first kappa shape index (κ1) is 51.5. The zero-order valence-electron chi connectivity index (χ0n) is 33.7. The van der Waals surface area contributed by atoms with Gasteiger partial charge in [0.05, 0.1) is 38.6 Å². The van der Waals surface area contributed by atoms with Crippen LogP contribution in [-0.2, 0) is 37.9 Å². The number of benzene rings is 2. The van der Waals surface area contributed by atoms with Gasteiger partial charge in [-0.05, 0) is 11.1 Å². The molecule has 22 atom stereocenters. The van der Waals surface area contributed by atoms with E-state index in [1.54, 1.807) is 60.7 Å². The highest BCUT2D eigenvalue weighted by Crippen LogP contribution is 2.33. The fraction of sp³-hybridized carbons (Fsp3) is 0.650. The Morgan fingerprint density at radius 3 is 1.25 bits per heavy atom. The van der Waals surface area contributed by atoms with Crippen molar-refractivity contribution in [2.75, 3.05) is 26.4 Å². The number of ether oxygens (including phenoxy) is 8. The Balaban J connectivity index is 0.000000241. The molecule has 24 heteroatoms. The van der Waals surface area contributed by atoms with Gasteiger partial charge in [-0.3, -0.25) is 0 Å². The summed E-state index contributed by atoms with van der Waals surface area (Å²) in [6.45, 7) is -2.51. The van der Waals surface area contributed by atoms with Crippen LogP contribution in [0.2, 0.25) is 0 Å². The minimum Gasteiger partial charge on any atom is -0.394 e. The molecule has 0 aromatic heterocycles. The number of hydrogen-bond acceptors (Lipinski definition) is 24. The van der Waals surface area contributed by atoms with Crippen LogP contribution in [0.3, 0.4) is 0 Å². The summed E-state index contributed by atoms with van der Waals surface area (Å²) in [4.78, 5) is 0. The molecule has 0 amide bonds. The van der Waals surface area contributed by atoms with Crippen molar-refractivity contribution in [1.29, 1.82) is 10.5 Å². The first-order valence-electron chi connectivity index (χ1n) is 20.0. The largest absolute Gasteiger partial charge is 0.394 e. The second kappa shape index (κ2) is 23.8. The van der Waals surface area contributed by atoms with Crippen LogP contribution in [0, 0.1) is 22.7 Å². The van der Waals surface area contributed by atoms with Crippen molar-refractivity contribution in [2.45, 2.75) is 135 Å². The van der Waals surface area contributed by atoms with E-state index in [9.17, 15) is 82.0 Å². The Bertz CT molecular complexity index is 1770. The molecule has 6 rings (SSSR count). The van der Waals surface area contributed by atoms with Gasteiger partial charge in [0.15, 0.2) is 37.4 Å². The van der Waals surface area contributed by atoms with Gasteiger partial charge in [-0.2, -0.15) is 10.5 Å². The number of nitrogens with zero attached hydrogens (tertiary/aromatic N) is 2. The molecule has 4 aliphatic rings. The first-order chi connectivity index (χ1) is 30.6. The van der Waals surface area contributed by atoms with Crippen LogP contribution in [0.4, 0.5) is 0 Å². The van der Waals surface area contributed by atoms with Gasteiger partial charge in [0.25, 0.3) is 0 Å². The van der Waals surface area contributed by atoms with Gasteiger partial charge < -0.3 is 109 Å².